The van der Waals surface area contributed by atoms with Gasteiger partial charge in [-0.05, 0) is 72.3 Å². The number of halogens is 2. The Balaban J connectivity index is 0.000000685. The summed E-state index contributed by atoms with van der Waals surface area (Å²) in [6.07, 6.45) is 0. The lowest BCUT2D eigenvalue weighted by atomic mass is 10.2. The lowest BCUT2D eigenvalue weighted by Crippen LogP contribution is -2.05. The summed E-state index contributed by atoms with van der Waals surface area (Å²) in [5.74, 6) is -2.88. The number of methoxy groups -OCH3 is 3. The van der Waals surface area contributed by atoms with Gasteiger partial charge in [-0.3, -0.25) is 0 Å². The third kappa shape index (κ3) is 12.0. The van der Waals surface area contributed by atoms with E-state index in [1.54, 1.807) is 36.4 Å². The Morgan fingerprint density at radius 2 is 1.15 bits per heavy atom. The summed E-state index contributed by atoms with van der Waals surface area (Å²) >= 11 is 10.4. The van der Waals surface area contributed by atoms with Crippen LogP contribution in [0.5, 0.6) is 11.5 Å². The van der Waals surface area contributed by atoms with Gasteiger partial charge in [0, 0.05) is 8.41 Å². The van der Waals surface area contributed by atoms with Crippen LogP contribution in [0.1, 0.15) is 48.9 Å². The first kappa shape index (κ1) is 48.0. The summed E-state index contributed by atoms with van der Waals surface area (Å²) in [5.41, 5.74) is 13.5. The minimum absolute atomic E-state index is 0. The van der Waals surface area contributed by atoms with E-state index in [4.69, 9.17) is 59.4 Å². The standard InChI is InChI=1S/C9H6ClNO3.C9H7NO3S.C8H9NO3.C7H7NO3.CH4.B.BrH/c1-13-8(12)5-3-2-4-6-7(5)11-9(10)14-6;1-12-8(11)5-3-2-4-6-7(5)10-9(14)13-6;1-12-8(11)5-3-2-4-6(10)7(5)9;8-6-4(7(10)11)2-1-3-5(6)9;;;/h2-4H,1H3;2-4H,1H3,(H,10,14);2-4,10H,9H2,1H3;1-3,9H,8H2,(H,10,11);1H4;;1H. The maximum Gasteiger partial charge on any atom is 0.340 e. The minimum atomic E-state index is -1.14. The summed E-state index contributed by atoms with van der Waals surface area (Å²) in [6.45, 7) is 0. The van der Waals surface area contributed by atoms with Crippen molar-refractivity contribution < 1.29 is 57.5 Å². The normalized spacial score (nSPS) is 9.41. The van der Waals surface area contributed by atoms with Crippen molar-refractivity contribution in [1.29, 1.82) is 0 Å². The van der Waals surface area contributed by atoms with Crippen LogP contribution in [0.3, 0.4) is 0 Å². The van der Waals surface area contributed by atoms with Crippen molar-refractivity contribution in [2.75, 3.05) is 32.8 Å². The number of fused-ring (bicyclic) bond motifs is 2. The first-order valence-electron chi connectivity index (χ1n) is 14.0. The summed E-state index contributed by atoms with van der Waals surface area (Å²) in [5, 5.41) is 26.6. The highest BCUT2D eigenvalue weighted by molar-refractivity contribution is 8.93. The van der Waals surface area contributed by atoms with E-state index in [0.29, 0.717) is 33.3 Å². The first-order valence-corrected chi connectivity index (χ1v) is 14.8. The molecule has 20 heteroatoms. The monoisotopic (exact) mass is 847 g/mol. The highest BCUT2D eigenvalue weighted by Crippen LogP contribution is 2.25. The molecular weight excluding hydrogens is 815 g/mol. The number of nitrogens with two attached hydrogens (primary N) is 2. The van der Waals surface area contributed by atoms with Gasteiger partial charge in [-0.1, -0.05) is 31.7 Å². The number of hydrogen-bond donors (Lipinski definition) is 6. The number of ether oxygens (including phenoxy) is 3. The predicted molar refractivity (Wildman–Crippen MR) is 209 cm³/mol. The van der Waals surface area contributed by atoms with Gasteiger partial charge in [0.25, 0.3) is 10.2 Å². The molecule has 0 atom stereocenters. The predicted octanol–water partition coefficient (Wildman–Crippen LogP) is 6.81. The lowest BCUT2D eigenvalue weighted by molar-refractivity contribution is 0.0593. The van der Waals surface area contributed by atoms with Crippen molar-refractivity contribution in [2.24, 2.45) is 0 Å². The average molecular weight is 849 g/mol. The van der Waals surface area contributed by atoms with Gasteiger partial charge in [0.2, 0.25) is 0 Å². The molecule has 0 spiro atoms. The Morgan fingerprint density at radius 1 is 0.722 bits per heavy atom. The molecule has 0 fully saturated rings. The van der Waals surface area contributed by atoms with Crippen LogP contribution >= 0.6 is 40.8 Å². The summed E-state index contributed by atoms with van der Waals surface area (Å²) in [4.78, 5) is 50.9. The molecule has 2 aromatic heterocycles. The number of para-hydroxylation sites is 4. The number of nitrogens with one attached hydrogen (secondary N) is 1. The van der Waals surface area contributed by atoms with Gasteiger partial charge in [0.15, 0.2) is 11.2 Å². The van der Waals surface area contributed by atoms with Crippen LogP contribution in [0.4, 0.5) is 11.4 Å². The highest BCUT2D eigenvalue weighted by atomic mass is 79.9. The Bertz CT molecular complexity index is 2280. The number of carbonyl (C=O) groups is 4. The number of aromatic hydroxyl groups is 2. The number of anilines is 2. The van der Waals surface area contributed by atoms with Crippen molar-refractivity contribution >= 4 is 107 Å². The van der Waals surface area contributed by atoms with Gasteiger partial charge in [0.1, 0.15) is 17.0 Å². The van der Waals surface area contributed by atoms with Crippen LogP contribution in [0.2, 0.25) is 5.35 Å². The average Bonchev–Trinajstić information content (AvgIpc) is 3.70. The number of phenols is 2. The second-order valence-corrected chi connectivity index (χ2v) is 10.3. The molecule has 4 aromatic carbocycles. The van der Waals surface area contributed by atoms with Crippen LogP contribution < -0.4 is 11.5 Å². The molecule has 0 aliphatic rings. The summed E-state index contributed by atoms with van der Waals surface area (Å²) in [6, 6.07) is 18.6. The number of oxazole rings is 2. The summed E-state index contributed by atoms with van der Waals surface area (Å²) in [7, 11) is 3.89. The smallest absolute Gasteiger partial charge is 0.340 e. The molecule has 8 N–H and O–H groups in total. The fourth-order valence-corrected chi connectivity index (χ4v) is 4.39. The molecule has 0 aliphatic carbocycles. The van der Waals surface area contributed by atoms with E-state index in [1.807, 2.05) is 0 Å². The maximum absolute atomic E-state index is 11.3. The highest BCUT2D eigenvalue weighted by Gasteiger charge is 2.15. The zero-order valence-electron chi connectivity index (χ0n) is 27.8. The Labute approximate surface area is 329 Å². The van der Waals surface area contributed by atoms with Gasteiger partial charge >= 0.3 is 23.9 Å². The van der Waals surface area contributed by atoms with Gasteiger partial charge in [0.05, 0.1) is 60.5 Å². The number of rotatable bonds is 4. The third-order valence-electron chi connectivity index (χ3n) is 6.46. The number of aromatic amines is 1. The number of nitrogens with zero attached hydrogens (tertiary/aromatic N) is 1. The van der Waals surface area contributed by atoms with E-state index in [1.165, 1.54) is 57.7 Å². The van der Waals surface area contributed by atoms with Crippen LogP contribution in [-0.2, 0) is 14.2 Å². The number of aromatic nitrogens is 2. The lowest BCUT2D eigenvalue weighted by Gasteiger charge is -2.03. The number of H-pyrrole nitrogens is 1. The Kier molecular flexibility index (Phi) is 19.6. The largest absolute Gasteiger partial charge is 0.506 e. The van der Waals surface area contributed by atoms with Crippen molar-refractivity contribution in [3.05, 3.63) is 105 Å². The number of aromatic carboxylic acids is 1. The van der Waals surface area contributed by atoms with E-state index in [-0.39, 0.29) is 77.0 Å². The number of hydrogen-bond acceptors (Lipinski definition) is 15. The fraction of sp³-hybridized carbons (Fsp3) is 0.118. The van der Waals surface area contributed by atoms with E-state index >= 15 is 0 Å². The molecule has 285 valence electrons. The number of esters is 3. The zero-order chi connectivity index (χ0) is 37.8. The minimum Gasteiger partial charge on any atom is -0.506 e. The fourth-order valence-electron chi connectivity index (χ4n) is 4.03. The molecule has 16 nitrogen and oxygen atoms in total. The van der Waals surface area contributed by atoms with Gasteiger partial charge in [-0.25, -0.2) is 19.2 Å². The molecule has 0 bridgehead atoms. The molecule has 2 heterocycles. The Hall–Kier alpha value is -6.05. The molecule has 0 unspecified atom stereocenters. The molecule has 6 rings (SSSR count). The van der Waals surface area contributed by atoms with E-state index < -0.39 is 23.9 Å². The third-order valence-corrected chi connectivity index (χ3v) is 6.81. The molecule has 3 radical (unpaired) electrons. The second kappa shape index (κ2) is 22.1. The summed E-state index contributed by atoms with van der Waals surface area (Å²) < 4.78 is 23.9. The number of carboxylic acid groups (broad SMARTS) is 1. The molecule has 0 amide bonds. The molecule has 6 aromatic rings. The van der Waals surface area contributed by atoms with Crippen LogP contribution in [0.25, 0.3) is 22.2 Å². The number of benzene rings is 4. The molecule has 0 aliphatic heterocycles. The van der Waals surface area contributed by atoms with E-state index in [9.17, 15) is 19.2 Å². The Morgan fingerprint density at radius 3 is 1.67 bits per heavy atom. The van der Waals surface area contributed by atoms with Crippen molar-refractivity contribution in [3.8, 4) is 11.5 Å². The van der Waals surface area contributed by atoms with E-state index in [0.717, 1.165) is 0 Å². The number of phenolic OH excluding ortho intramolecular Hbond substituents is 2. The molecule has 0 saturated carbocycles. The van der Waals surface area contributed by atoms with Crippen molar-refractivity contribution in [3.63, 3.8) is 0 Å². The number of carbonyl (C=O) groups excluding carboxylic acids is 3. The van der Waals surface area contributed by atoms with E-state index in [2.05, 4.69) is 24.2 Å². The van der Waals surface area contributed by atoms with Crippen molar-refractivity contribution in [2.45, 2.75) is 7.43 Å². The molecular formula is C34H34BBrClN4O12S. The van der Waals surface area contributed by atoms with Crippen LogP contribution in [0, 0.1) is 4.84 Å². The maximum atomic E-state index is 11.3. The SMILES string of the molecule is Br.C.COC(=O)c1cccc(O)c1N.COC(=O)c1cccc2oc(=S)[nH]c12.COC(=O)c1cccc2oc(Cl)nc12.Nc1c(O)cccc1C(=O)O.[B]. The second-order valence-electron chi connectivity index (χ2n) is 9.57. The topological polar surface area (TPSA) is 264 Å². The number of carboxylic acids is 1. The van der Waals surface area contributed by atoms with Gasteiger partial charge < -0.3 is 54.8 Å². The first-order chi connectivity index (χ1) is 24.2. The van der Waals surface area contributed by atoms with Gasteiger partial charge in [-0.2, -0.15) is 4.98 Å². The van der Waals surface area contributed by atoms with Gasteiger partial charge in [-0.15, -0.1) is 17.0 Å². The van der Waals surface area contributed by atoms with Crippen molar-refractivity contribution in [1.82, 2.24) is 9.97 Å². The van der Waals surface area contributed by atoms with Crippen LogP contribution in [0.15, 0.2) is 81.6 Å². The molecule has 54 heavy (non-hydrogen) atoms. The molecule has 0 saturated heterocycles. The van der Waals surface area contributed by atoms with Crippen LogP contribution in [-0.4, -0.2) is 78.9 Å². The number of nitrogen functional groups attached to an aromatic ring is 2. The zero-order valence-corrected chi connectivity index (χ0v) is 31.1. The quantitative estimate of drug-likeness (QED) is 0.0266.